The standard InChI is InChI=1S/C16H25N3O3/c1-3-21-14-9-13(16(14)6-4-5-7-16)18-15(20)17-10-12-8-11(2)22-19-12/h8,13-14H,3-7,9-10H2,1-2H3,(H2,17,18,20). The number of carbonyl (C=O) groups excluding carboxylic acids is 1. The molecule has 22 heavy (non-hydrogen) atoms. The number of amides is 2. The van der Waals surface area contributed by atoms with E-state index in [0.717, 1.165) is 37.3 Å². The van der Waals surface area contributed by atoms with E-state index in [9.17, 15) is 4.79 Å². The molecule has 2 aliphatic carbocycles. The number of hydrogen-bond donors (Lipinski definition) is 2. The fourth-order valence-corrected chi connectivity index (χ4v) is 3.97. The lowest BCUT2D eigenvalue weighted by Gasteiger charge is -2.53. The van der Waals surface area contributed by atoms with E-state index in [-0.39, 0.29) is 17.5 Å². The Hall–Kier alpha value is -1.56. The molecule has 0 saturated heterocycles. The van der Waals surface area contributed by atoms with Gasteiger partial charge < -0.3 is 19.9 Å². The Labute approximate surface area is 131 Å². The van der Waals surface area contributed by atoms with Gasteiger partial charge in [0.15, 0.2) is 0 Å². The van der Waals surface area contributed by atoms with Crippen LogP contribution in [0.25, 0.3) is 0 Å². The summed E-state index contributed by atoms with van der Waals surface area (Å²) in [6, 6.07) is 1.92. The first-order chi connectivity index (χ1) is 10.6. The molecule has 2 saturated carbocycles. The van der Waals surface area contributed by atoms with Crippen molar-refractivity contribution >= 4 is 6.03 Å². The van der Waals surface area contributed by atoms with Gasteiger partial charge >= 0.3 is 6.03 Å². The summed E-state index contributed by atoms with van der Waals surface area (Å²) >= 11 is 0. The average Bonchev–Trinajstić information content (AvgIpc) is 3.14. The Bertz CT molecular complexity index is 522. The summed E-state index contributed by atoms with van der Waals surface area (Å²) in [5, 5.41) is 9.85. The van der Waals surface area contributed by atoms with Gasteiger partial charge in [0.1, 0.15) is 11.5 Å². The third-order valence-electron chi connectivity index (χ3n) is 5.10. The number of aryl methyl sites for hydroxylation is 1. The second-order valence-corrected chi connectivity index (χ2v) is 6.43. The van der Waals surface area contributed by atoms with Crippen LogP contribution in [0.1, 0.15) is 50.5 Å². The van der Waals surface area contributed by atoms with Crippen LogP contribution in [0.15, 0.2) is 10.6 Å². The van der Waals surface area contributed by atoms with Crippen molar-refractivity contribution in [3.05, 3.63) is 17.5 Å². The largest absolute Gasteiger partial charge is 0.378 e. The van der Waals surface area contributed by atoms with E-state index in [0.29, 0.717) is 12.6 Å². The summed E-state index contributed by atoms with van der Waals surface area (Å²) < 4.78 is 10.9. The third-order valence-corrected chi connectivity index (χ3v) is 5.10. The van der Waals surface area contributed by atoms with E-state index >= 15 is 0 Å². The average molecular weight is 307 g/mol. The maximum Gasteiger partial charge on any atom is 0.315 e. The molecule has 2 atom stereocenters. The van der Waals surface area contributed by atoms with Gasteiger partial charge in [-0.05, 0) is 33.1 Å². The number of aromatic nitrogens is 1. The Morgan fingerprint density at radius 1 is 1.50 bits per heavy atom. The molecule has 0 bridgehead atoms. The van der Waals surface area contributed by atoms with Crippen molar-refractivity contribution in [2.45, 2.75) is 64.6 Å². The van der Waals surface area contributed by atoms with Crippen LogP contribution in [0.2, 0.25) is 0 Å². The van der Waals surface area contributed by atoms with Crippen LogP contribution in [0, 0.1) is 12.3 Å². The molecule has 6 heteroatoms. The zero-order valence-electron chi connectivity index (χ0n) is 13.4. The molecule has 2 N–H and O–H groups in total. The molecule has 2 fully saturated rings. The van der Waals surface area contributed by atoms with Crippen LogP contribution in [0.3, 0.4) is 0 Å². The normalized spacial score (nSPS) is 25.9. The predicted molar refractivity (Wildman–Crippen MR) is 81.3 cm³/mol. The smallest absolute Gasteiger partial charge is 0.315 e. The monoisotopic (exact) mass is 307 g/mol. The van der Waals surface area contributed by atoms with Crippen LogP contribution < -0.4 is 10.6 Å². The first-order valence-electron chi connectivity index (χ1n) is 8.22. The number of urea groups is 1. The minimum atomic E-state index is -0.133. The van der Waals surface area contributed by atoms with Crippen molar-refractivity contribution in [1.82, 2.24) is 15.8 Å². The van der Waals surface area contributed by atoms with Gasteiger partial charge in [0.2, 0.25) is 0 Å². The maximum atomic E-state index is 12.1. The van der Waals surface area contributed by atoms with Gasteiger partial charge in [-0.2, -0.15) is 0 Å². The van der Waals surface area contributed by atoms with Gasteiger partial charge in [-0.15, -0.1) is 0 Å². The Balaban J connectivity index is 1.51. The van der Waals surface area contributed by atoms with Crippen molar-refractivity contribution in [2.75, 3.05) is 6.61 Å². The molecule has 0 aromatic carbocycles. The van der Waals surface area contributed by atoms with Gasteiger partial charge in [0, 0.05) is 24.1 Å². The van der Waals surface area contributed by atoms with Crippen molar-refractivity contribution in [1.29, 1.82) is 0 Å². The lowest BCUT2D eigenvalue weighted by atomic mass is 9.60. The zero-order valence-corrected chi connectivity index (χ0v) is 13.4. The van der Waals surface area contributed by atoms with Crippen LogP contribution >= 0.6 is 0 Å². The van der Waals surface area contributed by atoms with Crippen molar-refractivity contribution in [3.63, 3.8) is 0 Å². The molecule has 2 unspecified atom stereocenters. The topological polar surface area (TPSA) is 76.4 Å². The molecule has 2 aliphatic rings. The lowest BCUT2D eigenvalue weighted by molar-refractivity contribution is -0.126. The number of ether oxygens (including phenoxy) is 1. The molecule has 1 aromatic rings. The molecule has 0 radical (unpaired) electrons. The first kappa shape index (κ1) is 15.3. The van der Waals surface area contributed by atoms with E-state index in [1.165, 1.54) is 12.8 Å². The molecule has 0 aliphatic heterocycles. The number of carbonyl (C=O) groups is 1. The molecule has 1 spiro atoms. The van der Waals surface area contributed by atoms with Crippen LogP contribution in [-0.4, -0.2) is 29.9 Å². The molecule has 3 rings (SSSR count). The van der Waals surface area contributed by atoms with E-state index in [1.54, 1.807) is 0 Å². The number of rotatable bonds is 5. The Morgan fingerprint density at radius 2 is 2.27 bits per heavy atom. The first-order valence-corrected chi connectivity index (χ1v) is 8.22. The summed E-state index contributed by atoms with van der Waals surface area (Å²) in [6.07, 6.45) is 6.02. The molecule has 1 heterocycles. The highest BCUT2D eigenvalue weighted by Gasteiger charge is 2.57. The maximum absolute atomic E-state index is 12.1. The van der Waals surface area contributed by atoms with Gasteiger partial charge in [0.05, 0.1) is 12.6 Å². The van der Waals surface area contributed by atoms with E-state index in [2.05, 4.69) is 15.8 Å². The SMILES string of the molecule is CCOC1CC(NC(=O)NCc2cc(C)on2)C12CCCC2. The quantitative estimate of drug-likeness (QED) is 0.876. The second-order valence-electron chi connectivity index (χ2n) is 6.43. The van der Waals surface area contributed by atoms with Gasteiger partial charge in [-0.3, -0.25) is 0 Å². The highest BCUT2D eigenvalue weighted by atomic mass is 16.5. The fraction of sp³-hybridized carbons (Fsp3) is 0.750. The number of nitrogens with zero attached hydrogens (tertiary/aromatic N) is 1. The van der Waals surface area contributed by atoms with E-state index in [4.69, 9.17) is 9.26 Å². The lowest BCUT2D eigenvalue weighted by Crippen LogP contribution is -2.64. The molecule has 2 amide bonds. The van der Waals surface area contributed by atoms with Crippen LogP contribution in [0.5, 0.6) is 0 Å². The molecule has 6 nitrogen and oxygen atoms in total. The molecular formula is C16H25N3O3. The minimum Gasteiger partial charge on any atom is -0.378 e. The fourth-order valence-electron chi connectivity index (χ4n) is 3.97. The Kier molecular flexibility index (Phi) is 4.38. The number of hydrogen-bond acceptors (Lipinski definition) is 4. The minimum absolute atomic E-state index is 0.133. The predicted octanol–water partition coefficient (Wildman–Crippen LogP) is 2.52. The molecular weight excluding hydrogens is 282 g/mol. The van der Waals surface area contributed by atoms with E-state index in [1.807, 2.05) is 19.9 Å². The van der Waals surface area contributed by atoms with Crippen LogP contribution in [0.4, 0.5) is 4.79 Å². The van der Waals surface area contributed by atoms with E-state index < -0.39 is 0 Å². The molecule has 122 valence electrons. The summed E-state index contributed by atoms with van der Waals surface area (Å²) in [5.74, 6) is 0.751. The summed E-state index contributed by atoms with van der Waals surface area (Å²) in [7, 11) is 0. The second kappa shape index (κ2) is 6.28. The third kappa shape index (κ3) is 2.84. The highest BCUT2D eigenvalue weighted by molar-refractivity contribution is 5.74. The zero-order chi connectivity index (χ0) is 15.6. The molecule has 1 aromatic heterocycles. The van der Waals surface area contributed by atoms with Crippen molar-refractivity contribution in [3.8, 4) is 0 Å². The van der Waals surface area contributed by atoms with Crippen LogP contribution in [-0.2, 0) is 11.3 Å². The summed E-state index contributed by atoms with van der Waals surface area (Å²) in [6.45, 7) is 5.01. The summed E-state index contributed by atoms with van der Waals surface area (Å²) in [5.41, 5.74) is 0.904. The summed E-state index contributed by atoms with van der Waals surface area (Å²) in [4.78, 5) is 12.1. The van der Waals surface area contributed by atoms with Crippen molar-refractivity contribution in [2.24, 2.45) is 5.41 Å². The van der Waals surface area contributed by atoms with Gasteiger partial charge in [-0.25, -0.2) is 4.79 Å². The Morgan fingerprint density at radius 3 is 2.91 bits per heavy atom. The highest BCUT2D eigenvalue weighted by Crippen LogP contribution is 2.54. The van der Waals surface area contributed by atoms with Gasteiger partial charge in [0.25, 0.3) is 0 Å². The number of nitrogens with one attached hydrogen (secondary N) is 2. The van der Waals surface area contributed by atoms with Crippen molar-refractivity contribution < 1.29 is 14.1 Å². The van der Waals surface area contributed by atoms with Gasteiger partial charge in [-0.1, -0.05) is 18.0 Å².